The van der Waals surface area contributed by atoms with Crippen molar-refractivity contribution in [2.45, 2.75) is 0 Å². The van der Waals surface area contributed by atoms with E-state index in [0.29, 0.717) is 0 Å². The zero-order valence-corrected chi connectivity index (χ0v) is 10.5. The summed E-state index contributed by atoms with van der Waals surface area (Å²) in [6.45, 7) is 0. The van der Waals surface area contributed by atoms with Crippen LogP contribution in [-0.4, -0.2) is 24.3 Å². The Balaban J connectivity index is 2.66. The Hall–Kier alpha value is -3.37. The molecule has 2 aromatic rings. The van der Waals surface area contributed by atoms with Gasteiger partial charge in [-0.25, -0.2) is 9.55 Å². The lowest BCUT2D eigenvalue weighted by atomic mass is 10.1. The molecular formula is C10H7N5O6. The minimum atomic E-state index is -0.784. The maximum atomic E-state index is 10.8. The summed E-state index contributed by atoms with van der Waals surface area (Å²) in [6, 6.07) is 2.94. The Morgan fingerprint density at radius 1 is 0.952 bits per heavy atom. The zero-order chi connectivity index (χ0) is 15.7. The van der Waals surface area contributed by atoms with Crippen molar-refractivity contribution in [2.75, 3.05) is 0 Å². The summed E-state index contributed by atoms with van der Waals surface area (Å²) in [4.78, 5) is 33.9. The van der Waals surface area contributed by atoms with E-state index in [2.05, 4.69) is 4.98 Å². The monoisotopic (exact) mass is 293 g/mol. The summed E-state index contributed by atoms with van der Waals surface area (Å²) < 4.78 is 1.09. The van der Waals surface area contributed by atoms with Crippen molar-refractivity contribution in [1.29, 1.82) is 0 Å². The first-order valence-electron chi connectivity index (χ1n) is 5.41. The van der Waals surface area contributed by atoms with Gasteiger partial charge in [0.15, 0.2) is 0 Å². The highest BCUT2D eigenvalue weighted by atomic mass is 16.6. The number of rotatable bonds is 4. The second-order valence-corrected chi connectivity index (χ2v) is 4.01. The van der Waals surface area contributed by atoms with Crippen molar-refractivity contribution >= 4 is 17.2 Å². The maximum Gasteiger partial charge on any atom is 0.342 e. The van der Waals surface area contributed by atoms with Gasteiger partial charge in [0.1, 0.15) is 6.20 Å². The first-order chi connectivity index (χ1) is 9.81. The zero-order valence-electron chi connectivity index (χ0n) is 10.5. The molecule has 108 valence electrons. The third-order valence-electron chi connectivity index (χ3n) is 2.73. The molecule has 2 rings (SSSR count). The molecule has 0 spiro atoms. The molecule has 0 radical (unpaired) electrons. The molecule has 1 aromatic heterocycles. The van der Waals surface area contributed by atoms with Gasteiger partial charge in [-0.1, -0.05) is 0 Å². The van der Waals surface area contributed by atoms with E-state index in [9.17, 15) is 30.3 Å². The Labute approximate surface area is 115 Å². The first-order valence-corrected chi connectivity index (χ1v) is 5.41. The third-order valence-corrected chi connectivity index (χ3v) is 2.73. The lowest BCUT2D eigenvalue weighted by Gasteiger charge is -2.00. The SMILES string of the molecule is Cn1c([N+](=O)[O-])cnc1-c1cc([N+](=O)[O-])cc([N+](=O)[O-])c1. The fraction of sp³-hybridized carbons (Fsp3) is 0.100. The first kappa shape index (κ1) is 14.0. The van der Waals surface area contributed by atoms with Crippen LogP contribution in [0.15, 0.2) is 24.4 Å². The van der Waals surface area contributed by atoms with E-state index in [4.69, 9.17) is 0 Å². The third kappa shape index (κ3) is 2.51. The van der Waals surface area contributed by atoms with Crippen molar-refractivity contribution in [1.82, 2.24) is 9.55 Å². The summed E-state index contributed by atoms with van der Waals surface area (Å²) in [6.07, 6.45) is 0.972. The van der Waals surface area contributed by atoms with E-state index in [1.54, 1.807) is 0 Å². The van der Waals surface area contributed by atoms with E-state index in [0.717, 1.165) is 29.0 Å². The van der Waals surface area contributed by atoms with Gasteiger partial charge in [0.2, 0.25) is 5.82 Å². The highest BCUT2D eigenvalue weighted by Crippen LogP contribution is 2.30. The molecule has 1 heterocycles. The number of hydrogen-bond acceptors (Lipinski definition) is 7. The fourth-order valence-corrected chi connectivity index (χ4v) is 1.77. The minimum Gasteiger partial charge on any atom is -0.358 e. The maximum absolute atomic E-state index is 10.8. The van der Waals surface area contributed by atoms with Gasteiger partial charge >= 0.3 is 5.82 Å². The van der Waals surface area contributed by atoms with Crippen LogP contribution in [0.25, 0.3) is 11.4 Å². The highest BCUT2D eigenvalue weighted by molar-refractivity contribution is 5.65. The second kappa shape index (κ2) is 4.96. The molecule has 0 aliphatic rings. The van der Waals surface area contributed by atoms with Crippen molar-refractivity contribution in [3.63, 3.8) is 0 Å². The predicted octanol–water partition coefficient (Wildman–Crippen LogP) is 1.81. The average molecular weight is 293 g/mol. The van der Waals surface area contributed by atoms with Crippen LogP contribution in [0, 0.1) is 30.3 Å². The average Bonchev–Trinajstić information content (AvgIpc) is 2.80. The summed E-state index contributed by atoms with van der Waals surface area (Å²) in [7, 11) is 1.34. The van der Waals surface area contributed by atoms with Crippen molar-refractivity contribution in [3.05, 3.63) is 54.7 Å². The normalized spacial score (nSPS) is 10.3. The largest absolute Gasteiger partial charge is 0.358 e. The molecule has 0 bridgehead atoms. The Morgan fingerprint density at radius 2 is 1.48 bits per heavy atom. The van der Waals surface area contributed by atoms with Crippen LogP contribution >= 0.6 is 0 Å². The van der Waals surface area contributed by atoms with Crippen LogP contribution in [-0.2, 0) is 7.05 Å². The van der Waals surface area contributed by atoms with Crippen molar-refractivity contribution < 1.29 is 14.8 Å². The quantitative estimate of drug-likeness (QED) is 0.616. The van der Waals surface area contributed by atoms with Gasteiger partial charge in [-0.05, 0) is 4.92 Å². The smallest absolute Gasteiger partial charge is 0.342 e. The highest BCUT2D eigenvalue weighted by Gasteiger charge is 2.23. The van der Waals surface area contributed by atoms with Crippen LogP contribution in [0.5, 0.6) is 0 Å². The molecule has 0 aliphatic carbocycles. The van der Waals surface area contributed by atoms with E-state index in [1.165, 1.54) is 7.05 Å². The molecule has 11 heteroatoms. The van der Waals surface area contributed by atoms with Gasteiger partial charge in [0.25, 0.3) is 11.4 Å². The topological polar surface area (TPSA) is 147 Å². The van der Waals surface area contributed by atoms with Crippen LogP contribution in [0.1, 0.15) is 0 Å². The number of hydrogen-bond donors (Lipinski definition) is 0. The predicted molar refractivity (Wildman–Crippen MR) is 68.6 cm³/mol. The second-order valence-electron chi connectivity index (χ2n) is 4.01. The molecule has 0 fully saturated rings. The number of aromatic nitrogens is 2. The summed E-state index contributed by atoms with van der Waals surface area (Å²) in [5, 5.41) is 32.4. The molecule has 0 unspecified atom stereocenters. The van der Waals surface area contributed by atoms with E-state index in [-0.39, 0.29) is 17.2 Å². The standard InChI is InChI=1S/C10H7N5O6/c1-12-9(15(20)21)5-11-10(12)6-2-7(13(16)17)4-8(3-6)14(18)19/h2-5H,1H3. The molecule has 0 aliphatic heterocycles. The van der Waals surface area contributed by atoms with Crippen LogP contribution in [0.2, 0.25) is 0 Å². The Bertz CT molecular complexity index is 735. The van der Waals surface area contributed by atoms with E-state index >= 15 is 0 Å². The Morgan fingerprint density at radius 3 is 1.86 bits per heavy atom. The summed E-state index contributed by atoms with van der Waals surface area (Å²) in [5.41, 5.74) is -0.943. The van der Waals surface area contributed by atoms with E-state index in [1.807, 2.05) is 0 Å². The fourth-order valence-electron chi connectivity index (χ4n) is 1.77. The Kier molecular flexibility index (Phi) is 3.32. The van der Waals surface area contributed by atoms with E-state index < -0.39 is 26.1 Å². The molecule has 21 heavy (non-hydrogen) atoms. The number of imidazole rings is 1. The number of non-ortho nitro benzene ring substituents is 2. The van der Waals surface area contributed by atoms with Gasteiger partial charge in [-0.3, -0.25) is 20.2 Å². The number of nitro benzene ring substituents is 2. The molecule has 1 aromatic carbocycles. The molecule has 0 atom stereocenters. The lowest BCUT2D eigenvalue weighted by molar-refractivity contribution is -0.394. The van der Waals surface area contributed by atoms with Gasteiger partial charge in [-0.15, -0.1) is 0 Å². The van der Waals surface area contributed by atoms with Crippen LogP contribution < -0.4 is 0 Å². The van der Waals surface area contributed by atoms with Crippen LogP contribution in [0.3, 0.4) is 0 Å². The van der Waals surface area contributed by atoms with Gasteiger partial charge in [-0.2, -0.15) is 0 Å². The number of nitro groups is 3. The van der Waals surface area contributed by atoms with Gasteiger partial charge in [0.05, 0.1) is 28.5 Å². The molecule has 11 nitrogen and oxygen atoms in total. The van der Waals surface area contributed by atoms with Gasteiger partial charge in [0, 0.05) is 12.1 Å². The molecule has 0 amide bonds. The summed E-state index contributed by atoms with van der Waals surface area (Å²) >= 11 is 0. The summed E-state index contributed by atoms with van der Waals surface area (Å²) in [5.74, 6) is -0.312. The molecule has 0 saturated heterocycles. The number of benzene rings is 1. The molecular weight excluding hydrogens is 286 g/mol. The minimum absolute atomic E-state index is 0.0218. The van der Waals surface area contributed by atoms with Gasteiger partial charge < -0.3 is 10.1 Å². The molecule has 0 saturated carbocycles. The molecule has 0 N–H and O–H groups in total. The van der Waals surface area contributed by atoms with Crippen LogP contribution in [0.4, 0.5) is 17.2 Å². The lowest BCUT2D eigenvalue weighted by Crippen LogP contribution is -2.00. The van der Waals surface area contributed by atoms with Crippen molar-refractivity contribution in [3.8, 4) is 11.4 Å². The number of nitrogens with zero attached hydrogens (tertiary/aromatic N) is 5. The van der Waals surface area contributed by atoms with Crippen molar-refractivity contribution in [2.24, 2.45) is 7.05 Å².